The molecular weight excluding hydrogens is 373 g/mol. The number of likely N-dealkylation sites (tertiary alicyclic amines) is 1. The molecule has 7 nitrogen and oxygen atoms in total. The van der Waals surface area contributed by atoms with Gasteiger partial charge in [0.15, 0.2) is 0 Å². The van der Waals surface area contributed by atoms with E-state index in [2.05, 4.69) is 15.3 Å². The third kappa shape index (κ3) is 4.16. The van der Waals surface area contributed by atoms with Crippen molar-refractivity contribution in [3.05, 3.63) is 48.8 Å². The number of halogens is 1. The highest BCUT2D eigenvalue weighted by Gasteiger charge is 2.37. The summed E-state index contributed by atoms with van der Waals surface area (Å²) in [6.07, 6.45) is 1.98. The Bertz CT molecular complexity index is 1030. The summed E-state index contributed by atoms with van der Waals surface area (Å²) in [6.45, 7) is 5.59. The lowest BCUT2D eigenvalue weighted by Crippen LogP contribution is -2.36. The van der Waals surface area contributed by atoms with Crippen molar-refractivity contribution in [2.45, 2.75) is 38.6 Å². The van der Waals surface area contributed by atoms with Gasteiger partial charge in [0.2, 0.25) is 0 Å². The van der Waals surface area contributed by atoms with Crippen LogP contribution in [0, 0.1) is 0 Å². The van der Waals surface area contributed by atoms with Gasteiger partial charge in [-0.25, -0.2) is 19.2 Å². The molecule has 0 saturated carbocycles. The molecule has 1 N–H and O–H groups in total. The zero-order valence-electron chi connectivity index (χ0n) is 16.7. The van der Waals surface area contributed by atoms with Crippen LogP contribution in [0.1, 0.15) is 20.8 Å². The first-order valence-electron chi connectivity index (χ1n) is 9.58. The van der Waals surface area contributed by atoms with Gasteiger partial charge in [-0.15, -0.1) is 0 Å². The SMILES string of the molecule is CC(C)(C)OC(=O)N1C[C@H](Nc2cccc(-c3cnc4ccccn34)n2)[C@@H](F)C1. The van der Waals surface area contributed by atoms with Crippen molar-refractivity contribution in [1.29, 1.82) is 0 Å². The second-order valence-electron chi connectivity index (χ2n) is 8.13. The molecule has 4 heterocycles. The molecule has 0 aromatic carbocycles. The summed E-state index contributed by atoms with van der Waals surface area (Å²) in [4.78, 5) is 22.6. The molecule has 0 bridgehead atoms. The number of nitrogens with one attached hydrogen (secondary N) is 1. The number of fused-ring (bicyclic) bond motifs is 1. The van der Waals surface area contributed by atoms with E-state index in [-0.39, 0.29) is 13.1 Å². The van der Waals surface area contributed by atoms with Gasteiger partial charge in [-0.05, 0) is 45.0 Å². The second kappa shape index (κ2) is 7.35. The number of imidazole rings is 1. The number of hydrogen-bond acceptors (Lipinski definition) is 5. The predicted molar refractivity (Wildman–Crippen MR) is 109 cm³/mol. The summed E-state index contributed by atoms with van der Waals surface area (Å²) in [5.41, 5.74) is 1.79. The minimum Gasteiger partial charge on any atom is -0.444 e. The highest BCUT2D eigenvalue weighted by molar-refractivity contribution is 5.69. The van der Waals surface area contributed by atoms with Crippen LogP contribution in [0.4, 0.5) is 15.0 Å². The molecule has 0 aliphatic carbocycles. The number of ether oxygens (including phenoxy) is 1. The summed E-state index contributed by atoms with van der Waals surface area (Å²) >= 11 is 0. The number of pyridine rings is 2. The molecule has 152 valence electrons. The van der Waals surface area contributed by atoms with E-state index < -0.39 is 23.9 Å². The van der Waals surface area contributed by atoms with Gasteiger partial charge in [0, 0.05) is 12.7 Å². The van der Waals surface area contributed by atoms with Gasteiger partial charge in [-0.3, -0.25) is 4.40 Å². The van der Waals surface area contributed by atoms with E-state index in [0.717, 1.165) is 17.0 Å². The summed E-state index contributed by atoms with van der Waals surface area (Å²) in [5.74, 6) is 0.548. The zero-order chi connectivity index (χ0) is 20.6. The van der Waals surface area contributed by atoms with E-state index in [9.17, 15) is 9.18 Å². The average molecular weight is 397 g/mol. The van der Waals surface area contributed by atoms with Gasteiger partial charge < -0.3 is 15.0 Å². The van der Waals surface area contributed by atoms with Gasteiger partial charge in [0.1, 0.15) is 23.2 Å². The van der Waals surface area contributed by atoms with Gasteiger partial charge in [0.25, 0.3) is 0 Å². The molecule has 1 aliphatic heterocycles. The van der Waals surface area contributed by atoms with Crippen LogP contribution in [0.25, 0.3) is 17.0 Å². The smallest absolute Gasteiger partial charge is 0.410 e. The maximum Gasteiger partial charge on any atom is 0.410 e. The monoisotopic (exact) mass is 397 g/mol. The van der Waals surface area contributed by atoms with Gasteiger partial charge >= 0.3 is 6.09 Å². The van der Waals surface area contributed by atoms with E-state index >= 15 is 0 Å². The predicted octanol–water partition coefficient (Wildman–Crippen LogP) is 3.77. The molecule has 29 heavy (non-hydrogen) atoms. The van der Waals surface area contributed by atoms with E-state index in [1.165, 1.54) is 4.90 Å². The van der Waals surface area contributed by atoms with Crippen molar-refractivity contribution in [2.24, 2.45) is 0 Å². The molecule has 1 saturated heterocycles. The molecule has 0 spiro atoms. The summed E-state index contributed by atoms with van der Waals surface area (Å²) in [6, 6.07) is 10.8. The maximum atomic E-state index is 14.5. The number of nitrogens with zero attached hydrogens (tertiary/aromatic N) is 4. The molecule has 3 aromatic heterocycles. The molecule has 4 rings (SSSR count). The van der Waals surface area contributed by atoms with Crippen molar-refractivity contribution >= 4 is 17.6 Å². The lowest BCUT2D eigenvalue weighted by Gasteiger charge is -2.24. The number of amides is 1. The fourth-order valence-electron chi connectivity index (χ4n) is 3.35. The van der Waals surface area contributed by atoms with Crippen LogP contribution in [0.2, 0.25) is 0 Å². The van der Waals surface area contributed by atoms with Crippen molar-refractivity contribution < 1.29 is 13.9 Å². The van der Waals surface area contributed by atoms with Gasteiger partial charge in [-0.1, -0.05) is 12.1 Å². The third-order valence-corrected chi connectivity index (χ3v) is 4.66. The number of aromatic nitrogens is 3. The first kappa shape index (κ1) is 19.2. The minimum atomic E-state index is -1.20. The van der Waals surface area contributed by atoms with Crippen LogP contribution in [-0.4, -0.2) is 56.3 Å². The number of carbonyl (C=O) groups excluding carboxylic acids is 1. The number of alkyl halides is 1. The Balaban J connectivity index is 1.49. The topological polar surface area (TPSA) is 71.8 Å². The van der Waals surface area contributed by atoms with Crippen LogP contribution < -0.4 is 5.32 Å². The molecule has 1 aliphatic rings. The van der Waals surface area contributed by atoms with Crippen molar-refractivity contribution in [1.82, 2.24) is 19.3 Å². The summed E-state index contributed by atoms with van der Waals surface area (Å²) in [5, 5.41) is 3.12. The van der Waals surface area contributed by atoms with E-state index in [0.29, 0.717) is 5.82 Å². The van der Waals surface area contributed by atoms with Crippen LogP contribution >= 0.6 is 0 Å². The first-order valence-corrected chi connectivity index (χ1v) is 9.58. The number of anilines is 1. The molecule has 0 radical (unpaired) electrons. The Hall–Kier alpha value is -3.16. The molecule has 1 amide bonds. The zero-order valence-corrected chi connectivity index (χ0v) is 16.7. The Morgan fingerprint density at radius 3 is 2.83 bits per heavy atom. The lowest BCUT2D eigenvalue weighted by molar-refractivity contribution is 0.0283. The molecule has 8 heteroatoms. The summed E-state index contributed by atoms with van der Waals surface area (Å²) < 4.78 is 21.8. The Kier molecular flexibility index (Phi) is 4.86. The van der Waals surface area contributed by atoms with E-state index in [4.69, 9.17) is 4.74 Å². The van der Waals surface area contributed by atoms with Crippen LogP contribution in [0.3, 0.4) is 0 Å². The second-order valence-corrected chi connectivity index (χ2v) is 8.13. The van der Waals surface area contributed by atoms with Crippen LogP contribution in [0.15, 0.2) is 48.8 Å². The van der Waals surface area contributed by atoms with Crippen molar-refractivity contribution in [3.63, 3.8) is 0 Å². The minimum absolute atomic E-state index is 0.000466. The standard InChI is InChI=1S/C21H24FN5O2/c1-21(2,3)29-20(28)26-12-14(22)16(13-26)25-18-8-6-7-15(24-18)17-11-23-19-9-4-5-10-27(17)19/h4-11,14,16H,12-13H2,1-3H3,(H,24,25)/t14-,16-/m0/s1. The number of carbonyl (C=O) groups is 1. The van der Waals surface area contributed by atoms with Crippen molar-refractivity contribution in [2.75, 3.05) is 18.4 Å². The lowest BCUT2D eigenvalue weighted by atomic mass is 10.2. The Morgan fingerprint density at radius 1 is 1.21 bits per heavy atom. The molecule has 0 unspecified atom stereocenters. The Labute approximate surface area is 168 Å². The Morgan fingerprint density at radius 2 is 2.03 bits per heavy atom. The van der Waals surface area contributed by atoms with Crippen LogP contribution in [-0.2, 0) is 4.74 Å². The van der Waals surface area contributed by atoms with Crippen molar-refractivity contribution in [3.8, 4) is 11.4 Å². The maximum absolute atomic E-state index is 14.5. The number of hydrogen-bond donors (Lipinski definition) is 1. The molecular formula is C21H24FN5O2. The molecule has 3 aromatic rings. The highest BCUT2D eigenvalue weighted by Crippen LogP contribution is 2.23. The van der Waals surface area contributed by atoms with E-state index in [1.54, 1.807) is 33.0 Å². The van der Waals surface area contributed by atoms with Crippen LogP contribution in [0.5, 0.6) is 0 Å². The quantitative estimate of drug-likeness (QED) is 0.729. The fourth-order valence-corrected chi connectivity index (χ4v) is 3.35. The van der Waals surface area contributed by atoms with Gasteiger partial charge in [-0.2, -0.15) is 0 Å². The molecule has 2 atom stereocenters. The van der Waals surface area contributed by atoms with E-state index in [1.807, 2.05) is 40.9 Å². The molecule has 1 fully saturated rings. The normalized spacial score (nSPS) is 19.5. The fraction of sp³-hybridized carbons (Fsp3) is 0.381. The van der Waals surface area contributed by atoms with Gasteiger partial charge in [0.05, 0.1) is 30.2 Å². The largest absolute Gasteiger partial charge is 0.444 e. The third-order valence-electron chi connectivity index (χ3n) is 4.66. The average Bonchev–Trinajstić information content (AvgIpc) is 3.25. The first-order chi connectivity index (χ1) is 13.8. The highest BCUT2D eigenvalue weighted by atomic mass is 19.1. The number of rotatable bonds is 3. The summed E-state index contributed by atoms with van der Waals surface area (Å²) in [7, 11) is 0.